The van der Waals surface area contributed by atoms with E-state index < -0.39 is 0 Å². The summed E-state index contributed by atoms with van der Waals surface area (Å²) >= 11 is 7.64. The number of nitrogens with two attached hydrogens (primary N) is 1. The minimum absolute atomic E-state index is 0.0608. The number of hydrogen-bond donors (Lipinski definition) is 1. The summed E-state index contributed by atoms with van der Waals surface area (Å²) in [5, 5.41) is 0.436. The van der Waals surface area contributed by atoms with Crippen molar-refractivity contribution in [2.75, 3.05) is 11.5 Å². The van der Waals surface area contributed by atoms with Crippen LogP contribution in [0.1, 0.15) is 12.0 Å². The third-order valence-electron chi connectivity index (χ3n) is 3.04. The molecule has 0 aromatic heterocycles. The fourth-order valence-corrected chi connectivity index (χ4v) is 3.51. The van der Waals surface area contributed by atoms with Crippen molar-refractivity contribution in [2.24, 2.45) is 11.7 Å². The van der Waals surface area contributed by atoms with Crippen LogP contribution in [0.5, 0.6) is 0 Å². The van der Waals surface area contributed by atoms with Gasteiger partial charge in [-0.25, -0.2) is 4.39 Å². The van der Waals surface area contributed by atoms with Gasteiger partial charge in [-0.3, -0.25) is 0 Å². The molecule has 0 amide bonds. The van der Waals surface area contributed by atoms with E-state index in [1.165, 1.54) is 11.8 Å². The lowest BCUT2D eigenvalue weighted by Crippen LogP contribution is -2.32. The van der Waals surface area contributed by atoms with Crippen LogP contribution >= 0.6 is 23.4 Å². The number of benzene rings is 1. The van der Waals surface area contributed by atoms with Crippen molar-refractivity contribution in [3.05, 3.63) is 34.6 Å². The molecule has 2 N–H and O–H groups in total. The molecule has 1 aromatic carbocycles. The highest BCUT2D eigenvalue weighted by atomic mass is 35.5. The first-order valence-electron chi connectivity index (χ1n) is 5.44. The number of rotatable bonds is 3. The average Bonchev–Trinajstić information content (AvgIpc) is 2.75. The topological polar surface area (TPSA) is 26.0 Å². The molecule has 1 aromatic rings. The van der Waals surface area contributed by atoms with Gasteiger partial charge in [0.15, 0.2) is 0 Å². The lowest BCUT2D eigenvalue weighted by atomic mass is 9.94. The Bertz CT molecular complexity index is 366. The first-order valence-corrected chi connectivity index (χ1v) is 6.97. The van der Waals surface area contributed by atoms with Gasteiger partial charge in [-0.2, -0.15) is 11.8 Å². The van der Waals surface area contributed by atoms with Gasteiger partial charge in [0, 0.05) is 11.1 Å². The highest BCUT2D eigenvalue weighted by molar-refractivity contribution is 7.99. The molecule has 1 heterocycles. The Labute approximate surface area is 105 Å². The van der Waals surface area contributed by atoms with Gasteiger partial charge >= 0.3 is 0 Å². The molecule has 0 aliphatic carbocycles. The van der Waals surface area contributed by atoms with Crippen LogP contribution in [0.2, 0.25) is 5.02 Å². The Kier molecular flexibility index (Phi) is 4.11. The monoisotopic (exact) mass is 259 g/mol. The summed E-state index contributed by atoms with van der Waals surface area (Å²) in [6, 6.07) is 4.87. The van der Waals surface area contributed by atoms with Gasteiger partial charge in [-0.15, -0.1) is 0 Å². The highest BCUT2D eigenvalue weighted by Gasteiger charge is 2.23. The third kappa shape index (κ3) is 2.90. The molecule has 2 rings (SSSR count). The van der Waals surface area contributed by atoms with Crippen molar-refractivity contribution in [2.45, 2.75) is 18.9 Å². The molecular weight excluding hydrogens is 245 g/mol. The Morgan fingerprint density at radius 2 is 2.38 bits per heavy atom. The molecule has 88 valence electrons. The summed E-state index contributed by atoms with van der Waals surface area (Å²) < 4.78 is 13.6. The Morgan fingerprint density at radius 1 is 1.56 bits per heavy atom. The third-order valence-corrected chi connectivity index (χ3v) is 4.46. The molecule has 0 saturated carbocycles. The molecular formula is C12H15ClFNS. The standard InChI is InChI=1S/C12H15ClFNS/c13-10-2-1-8(11(14)6-10)5-12(15)9-3-4-16-7-9/h1-2,6,9,12H,3-5,7,15H2. The Morgan fingerprint density at radius 3 is 3.00 bits per heavy atom. The van der Waals surface area contributed by atoms with E-state index in [1.807, 2.05) is 11.8 Å². The van der Waals surface area contributed by atoms with Crippen LogP contribution in [0.25, 0.3) is 0 Å². The van der Waals surface area contributed by atoms with E-state index in [4.69, 9.17) is 17.3 Å². The van der Waals surface area contributed by atoms with E-state index >= 15 is 0 Å². The normalized spacial score (nSPS) is 22.3. The SMILES string of the molecule is NC(Cc1ccc(Cl)cc1F)C1CCSC1. The summed E-state index contributed by atoms with van der Waals surface area (Å²) in [5.74, 6) is 2.58. The Hall–Kier alpha value is -0.250. The van der Waals surface area contributed by atoms with E-state index in [9.17, 15) is 4.39 Å². The van der Waals surface area contributed by atoms with Crippen molar-refractivity contribution in [1.29, 1.82) is 0 Å². The van der Waals surface area contributed by atoms with E-state index in [2.05, 4.69) is 0 Å². The smallest absolute Gasteiger partial charge is 0.127 e. The lowest BCUT2D eigenvalue weighted by Gasteiger charge is -2.18. The van der Waals surface area contributed by atoms with E-state index in [1.54, 1.807) is 12.1 Å². The van der Waals surface area contributed by atoms with Crippen molar-refractivity contribution in [1.82, 2.24) is 0 Å². The van der Waals surface area contributed by atoms with Crippen LogP contribution in [-0.2, 0) is 6.42 Å². The number of hydrogen-bond acceptors (Lipinski definition) is 2. The predicted octanol–water partition coefficient (Wildman–Crippen LogP) is 3.10. The van der Waals surface area contributed by atoms with Crippen molar-refractivity contribution in [3.63, 3.8) is 0 Å². The predicted molar refractivity (Wildman–Crippen MR) is 68.5 cm³/mol. The molecule has 2 atom stereocenters. The molecule has 4 heteroatoms. The van der Waals surface area contributed by atoms with Crippen LogP contribution in [0, 0.1) is 11.7 Å². The largest absolute Gasteiger partial charge is 0.327 e. The summed E-state index contributed by atoms with van der Waals surface area (Å²) in [5.41, 5.74) is 6.78. The van der Waals surface area contributed by atoms with E-state index in [0.717, 1.165) is 12.2 Å². The van der Waals surface area contributed by atoms with Crippen molar-refractivity contribution >= 4 is 23.4 Å². The quantitative estimate of drug-likeness (QED) is 0.903. The molecule has 1 aliphatic rings. The van der Waals surface area contributed by atoms with Crippen LogP contribution < -0.4 is 5.73 Å². The molecule has 2 unspecified atom stereocenters. The molecule has 16 heavy (non-hydrogen) atoms. The molecule has 1 saturated heterocycles. The van der Waals surface area contributed by atoms with Gasteiger partial charge in [0.25, 0.3) is 0 Å². The van der Waals surface area contributed by atoms with Crippen molar-refractivity contribution in [3.8, 4) is 0 Å². The summed E-state index contributed by atoms with van der Waals surface area (Å²) in [6.45, 7) is 0. The fourth-order valence-electron chi connectivity index (χ4n) is 2.00. The summed E-state index contributed by atoms with van der Waals surface area (Å²) in [4.78, 5) is 0. The average molecular weight is 260 g/mol. The maximum atomic E-state index is 13.6. The summed E-state index contributed by atoms with van der Waals surface area (Å²) in [6.07, 6.45) is 1.76. The maximum Gasteiger partial charge on any atom is 0.127 e. The fraction of sp³-hybridized carbons (Fsp3) is 0.500. The van der Waals surface area contributed by atoms with Gasteiger partial charge in [-0.05, 0) is 48.0 Å². The summed E-state index contributed by atoms with van der Waals surface area (Å²) in [7, 11) is 0. The van der Waals surface area contributed by atoms with Gasteiger partial charge in [0.2, 0.25) is 0 Å². The minimum Gasteiger partial charge on any atom is -0.327 e. The molecule has 1 nitrogen and oxygen atoms in total. The second kappa shape index (κ2) is 5.39. The van der Waals surface area contributed by atoms with Crippen molar-refractivity contribution < 1.29 is 4.39 Å². The second-order valence-corrected chi connectivity index (χ2v) is 5.81. The van der Waals surface area contributed by atoms with Gasteiger partial charge in [-0.1, -0.05) is 17.7 Å². The minimum atomic E-state index is -0.242. The molecule has 0 spiro atoms. The first kappa shape index (κ1) is 12.2. The lowest BCUT2D eigenvalue weighted by molar-refractivity contribution is 0.455. The van der Waals surface area contributed by atoms with Crippen LogP contribution in [-0.4, -0.2) is 17.5 Å². The number of halogens is 2. The zero-order valence-corrected chi connectivity index (χ0v) is 10.5. The second-order valence-electron chi connectivity index (χ2n) is 4.23. The molecule has 0 bridgehead atoms. The van der Waals surface area contributed by atoms with E-state index in [0.29, 0.717) is 22.9 Å². The molecule has 1 aliphatic heterocycles. The van der Waals surface area contributed by atoms with Crippen LogP contribution in [0.3, 0.4) is 0 Å². The van der Waals surface area contributed by atoms with Gasteiger partial charge in [0.1, 0.15) is 5.82 Å². The first-order chi connectivity index (χ1) is 7.66. The van der Waals surface area contributed by atoms with Crippen LogP contribution in [0.15, 0.2) is 18.2 Å². The zero-order valence-electron chi connectivity index (χ0n) is 8.96. The van der Waals surface area contributed by atoms with Gasteiger partial charge < -0.3 is 5.73 Å². The van der Waals surface area contributed by atoms with Crippen LogP contribution in [0.4, 0.5) is 4.39 Å². The zero-order chi connectivity index (χ0) is 11.5. The highest BCUT2D eigenvalue weighted by Crippen LogP contribution is 2.27. The molecule has 0 radical (unpaired) electrons. The van der Waals surface area contributed by atoms with E-state index in [-0.39, 0.29) is 11.9 Å². The number of thioether (sulfide) groups is 1. The van der Waals surface area contributed by atoms with Gasteiger partial charge in [0.05, 0.1) is 0 Å². The maximum absolute atomic E-state index is 13.6. The molecule has 1 fully saturated rings. The Balaban J connectivity index is 2.02.